The summed E-state index contributed by atoms with van der Waals surface area (Å²) in [6.45, 7) is 5.23. The van der Waals surface area contributed by atoms with E-state index >= 15 is 0 Å². The number of nitrogens with two attached hydrogens (primary N) is 1. The van der Waals surface area contributed by atoms with Crippen molar-refractivity contribution in [3.63, 3.8) is 0 Å². The molecule has 0 aromatic rings. The van der Waals surface area contributed by atoms with Crippen LogP contribution in [0.3, 0.4) is 0 Å². The molecule has 0 bridgehead atoms. The third-order valence-electron chi connectivity index (χ3n) is 4.61. The quantitative estimate of drug-likeness (QED) is 0.764. The molecule has 2 aliphatic rings. The van der Waals surface area contributed by atoms with E-state index in [4.69, 9.17) is 5.73 Å². The molecule has 108 valence electrons. The highest BCUT2D eigenvalue weighted by atomic mass is 16.2. The fourth-order valence-electron chi connectivity index (χ4n) is 3.33. The van der Waals surface area contributed by atoms with E-state index in [-0.39, 0.29) is 29.8 Å². The van der Waals surface area contributed by atoms with Crippen molar-refractivity contribution in [3.05, 3.63) is 0 Å². The highest BCUT2D eigenvalue weighted by Gasteiger charge is 2.39. The van der Waals surface area contributed by atoms with Crippen LogP contribution in [0.15, 0.2) is 0 Å². The zero-order valence-corrected chi connectivity index (χ0v) is 11.9. The molecule has 1 saturated carbocycles. The monoisotopic (exact) mass is 267 g/mol. The number of rotatable bonds is 2. The maximum Gasteiger partial charge on any atom is 0.242 e. The lowest BCUT2D eigenvalue weighted by Gasteiger charge is -2.40. The van der Waals surface area contributed by atoms with Crippen molar-refractivity contribution in [1.82, 2.24) is 10.2 Å². The maximum absolute atomic E-state index is 12.7. The molecule has 1 saturated heterocycles. The van der Waals surface area contributed by atoms with Gasteiger partial charge in [-0.15, -0.1) is 0 Å². The molecule has 2 amide bonds. The summed E-state index contributed by atoms with van der Waals surface area (Å²) in [5, 5.41) is 2.83. The molecule has 3 N–H and O–H groups in total. The van der Waals surface area contributed by atoms with E-state index in [2.05, 4.69) is 12.2 Å². The van der Waals surface area contributed by atoms with Crippen molar-refractivity contribution >= 4 is 11.8 Å². The predicted octanol–water partition coefficient (Wildman–Crippen LogP) is 0.487. The highest BCUT2D eigenvalue weighted by Crippen LogP contribution is 2.30. The Morgan fingerprint density at radius 1 is 1.47 bits per heavy atom. The second-order valence-corrected chi connectivity index (χ2v) is 5.84. The summed E-state index contributed by atoms with van der Waals surface area (Å²) in [5.41, 5.74) is 6.20. The van der Waals surface area contributed by atoms with Crippen molar-refractivity contribution in [3.8, 4) is 0 Å². The van der Waals surface area contributed by atoms with Gasteiger partial charge >= 0.3 is 0 Å². The largest absolute Gasteiger partial charge is 0.353 e. The molecule has 2 fully saturated rings. The van der Waals surface area contributed by atoms with Gasteiger partial charge in [-0.2, -0.15) is 0 Å². The standard InChI is InChI=1S/C14H25N3O2/c1-3-11-13(18)16-7-8-17(11)14(19)10-6-4-5-9(2)12(10)15/h9-12H,3-8,15H2,1-2H3,(H,16,18). The molecule has 19 heavy (non-hydrogen) atoms. The molecule has 1 heterocycles. The van der Waals surface area contributed by atoms with Gasteiger partial charge in [0.1, 0.15) is 6.04 Å². The molecule has 2 rings (SSSR count). The Kier molecular flexibility index (Phi) is 4.45. The van der Waals surface area contributed by atoms with Crippen LogP contribution in [0.5, 0.6) is 0 Å². The second-order valence-electron chi connectivity index (χ2n) is 5.84. The van der Waals surface area contributed by atoms with Crippen LogP contribution in [0.4, 0.5) is 0 Å². The number of nitrogens with one attached hydrogen (secondary N) is 1. The molecule has 0 spiro atoms. The van der Waals surface area contributed by atoms with E-state index in [1.54, 1.807) is 4.90 Å². The van der Waals surface area contributed by atoms with Gasteiger partial charge in [-0.1, -0.05) is 20.3 Å². The van der Waals surface area contributed by atoms with E-state index in [0.29, 0.717) is 25.4 Å². The number of hydrogen-bond donors (Lipinski definition) is 2. The first kappa shape index (κ1) is 14.3. The first-order valence-electron chi connectivity index (χ1n) is 7.40. The minimum atomic E-state index is -0.314. The Balaban J connectivity index is 2.11. The summed E-state index contributed by atoms with van der Waals surface area (Å²) in [4.78, 5) is 26.3. The lowest BCUT2D eigenvalue weighted by Crippen LogP contribution is -2.60. The average molecular weight is 267 g/mol. The van der Waals surface area contributed by atoms with E-state index in [9.17, 15) is 9.59 Å². The van der Waals surface area contributed by atoms with Gasteiger partial charge in [-0.25, -0.2) is 0 Å². The topological polar surface area (TPSA) is 75.4 Å². The highest BCUT2D eigenvalue weighted by molar-refractivity contribution is 5.89. The summed E-state index contributed by atoms with van der Waals surface area (Å²) in [5.74, 6) is 0.338. The molecule has 0 aromatic heterocycles. The minimum absolute atomic E-state index is 0.0282. The summed E-state index contributed by atoms with van der Waals surface area (Å²) in [6, 6.07) is -0.380. The molecule has 4 unspecified atom stereocenters. The van der Waals surface area contributed by atoms with Gasteiger partial charge < -0.3 is 16.0 Å². The van der Waals surface area contributed by atoms with Gasteiger partial charge in [-0.05, 0) is 25.2 Å². The Hall–Kier alpha value is -1.10. The molecular formula is C14H25N3O2. The Labute approximate surface area is 114 Å². The summed E-state index contributed by atoms with van der Waals surface area (Å²) in [7, 11) is 0. The van der Waals surface area contributed by atoms with E-state index < -0.39 is 0 Å². The second kappa shape index (κ2) is 5.90. The third kappa shape index (κ3) is 2.76. The van der Waals surface area contributed by atoms with Gasteiger partial charge in [-0.3, -0.25) is 9.59 Å². The minimum Gasteiger partial charge on any atom is -0.353 e. The fraction of sp³-hybridized carbons (Fsp3) is 0.857. The van der Waals surface area contributed by atoms with E-state index in [1.807, 2.05) is 6.92 Å². The summed E-state index contributed by atoms with van der Waals surface area (Å²) < 4.78 is 0. The van der Waals surface area contributed by atoms with Gasteiger partial charge in [0.05, 0.1) is 5.92 Å². The molecular weight excluding hydrogens is 242 g/mol. The maximum atomic E-state index is 12.7. The van der Waals surface area contributed by atoms with Crippen molar-refractivity contribution in [2.24, 2.45) is 17.6 Å². The zero-order valence-electron chi connectivity index (χ0n) is 11.9. The molecule has 0 aromatic carbocycles. The fourth-order valence-corrected chi connectivity index (χ4v) is 3.33. The Morgan fingerprint density at radius 2 is 2.21 bits per heavy atom. The number of piperazine rings is 1. The number of carbonyl (C=O) groups excluding carboxylic acids is 2. The van der Waals surface area contributed by atoms with Crippen molar-refractivity contribution in [2.75, 3.05) is 13.1 Å². The predicted molar refractivity (Wildman–Crippen MR) is 73.3 cm³/mol. The van der Waals surface area contributed by atoms with E-state index in [1.165, 1.54) is 0 Å². The molecule has 1 aliphatic carbocycles. The van der Waals surface area contributed by atoms with Gasteiger partial charge in [0.15, 0.2) is 0 Å². The van der Waals surface area contributed by atoms with Crippen LogP contribution < -0.4 is 11.1 Å². The van der Waals surface area contributed by atoms with E-state index in [0.717, 1.165) is 19.3 Å². The summed E-state index contributed by atoms with van der Waals surface area (Å²) >= 11 is 0. The first-order chi connectivity index (χ1) is 9.06. The lowest BCUT2D eigenvalue weighted by molar-refractivity contribution is -0.148. The smallest absolute Gasteiger partial charge is 0.242 e. The molecule has 5 heteroatoms. The average Bonchev–Trinajstić information content (AvgIpc) is 2.41. The number of hydrogen-bond acceptors (Lipinski definition) is 3. The molecule has 4 atom stereocenters. The number of carbonyl (C=O) groups is 2. The van der Waals surface area contributed by atoms with Crippen LogP contribution in [-0.4, -0.2) is 41.9 Å². The normalized spacial score (nSPS) is 35.9. The number of nitrogens with zero attached hydrogens (tertiary/aromatic N) is 1. The van der Waals surface area contributed by atoms with Crippen molar-refractivity contribution in [2.45, 2.75) is 51.6 Å². The van der Waals surface area contributed by atoms with Crippen molar-refractivity contribution < 1.29 is 9.59 Å². The third-order valence-corrected chi connectivity index (χ3v) is 4.61. The van der Waals surface area contributed by atoms with Gasteiger partial charge in [0, 0.05) is 19.1 Å². The van der Waals surface area contributed by atoms with Gasteiger partial charge in [0.2, 0.25) is 11.8 Å². The lowest BCUT2D eigenvalue weighted by atomic mass is 9.77. The van der Waals surface area contributed by atoms with Crippen LogP contribution >= 0.6 is 0 Å². The SMILES string of the molecule is CCC1C(=O)NCCN1C(=O)C1CCCC(C)C1N. The molecule has 5 nitrogen and oxygen atoms in total. The van der Waals surface area contributed by atoms with Gasteiger partial charge in [0.25, 0.3) is 0 Å². The zero-order chi connectivity index (χ0) is 14.0. The molecule has 0 radical (unpaired) electrons. The first-order valence-corrected chi connectivity index (χ1v) is 7.40. The van der Waals surface area contributed by atoms with Crippen LogP contribution in [0.1, 0.15) is 39.5 Å². The van der Waals surface area contributed by atoms with Crippen LogP contribution in [0.2, 0.25) is 0 Å². The number of amides is 2. The van der Waals surface area contributed by atoms with Crippen LogP contribution in [-0.2, 0) is 9.59 Å². The summed E-state index contributed by atoms with van der Waals surface area (Å²) in [6.07, 6.45) is 3.68. The van der Waals surface area contributed by atoms with Crippen LogP contribution in [0.25, 0.3) is 0 Å². The Bertz CT molecular complexity index is 359. The van der Waals surface area contributed by atoms with Crippen molar-refractivity contribution in [1.29, 1.82) is 0 Å². The van der Waals surface area contributed by atoms with Crippen LogP contribution in [0, 0.1) is 11.8 Å². The Morgan fingerprint density at radius 3 is 2.89 bits per heavy atom. The molecule has 1 aliphatic heterocycles.